The van der Waals surface area contributed by atoms with Crippen LogP contribution in [0.5, 0.6) is 0 Å². The van der Waals surface area contributed by atoms with Crippen molar-refractivity contribution in [1.29, 1.82) is 0 Å². The fourth-order valence-corrected chi connectivity index (χ4v) is 0.856. The molecular formula is C11H19N3O. The predicted octanol–water partition coefficient (Wildman–Crippen LogP) is 1.47. The van der Waals surface area contributed by atoms with Gasteiger partial charge in [-0.1, -0.05) is 26.5 Å². The Bertz CT molecular complexity index is 295. The van der Waals surface area contributed by atoms with Crippen LogP contribution in [0.3, 0.4) is 0 Å². The summed E-state index contributed by atoms with van der Waals surface area (Å²) >= 11 is 0. The van der Waals surface area contributed by atoms with Crippen molar-refractivity contribution < 1.29 is 5.11 Å². The number of aliphatic hydroxyl groups excluding tert-OH is 1. The summed E-state index contributed by atoms with van der Waals surface area (Å²) in [6.45, 7) is 7.59. The zero-order valence-corrected chi connectivity index (χ0v) is 9.57. The van der Waals surface area contributed by atoms with Crippen molar-refractivity contribution in [2.24, 2.45) is 5.73 Å². The summed E-state index contributed by atoms with van der Waals surface area (Å²) < 4.78 is 0. The molecule has 0 aromatic carbocycles. The summed E-state index contributed by atoms with van der Waals surface area (Å²) in [5.41, 5.74) is 6.26. The zero-order chi connectivity index (χ0) is 11.8. The molecule has 1 aromatic rings. The number of nitrogens with two attached hydrogens (primary N) is 1. The molecule has 0 radical (unpaired) electrons. The van der Waals surface area contributed by atoms with Gasteiger partial charge in [0, 0.05) is 13.2 Å². The lowest BCUT2D eigenvalue weighted by molar-refractivity contribution is 0.281. The van der Waals surface area contributed by atoms with Crippen molar-refractivity contribution in [3.63, 3.8) is 0 Å². The van der Waals surface area contributed by atoms with Gasteiger partial charge in [-0.25, -0.2) is 4.98 Å². The van der Waals surface area contributed by atoms with Crippen LogP contribution in [0, 0.1) is 0 Å². The highest BCUT2D eigenvalue weighted by Gasteiger charge is 2.02. The van der Waals surface area contributed by atoms with E-state index < -0.39 is 0 Å². The quantitative estimate of drug-likeness (QED) is 0.791. The summed E-state index contributed by atoms with van der Waals surface area (Å²) in [6, 6.07) is 3.57. The first-order valence-electron chi connectivity index (χ1n) is 4.89. The summed E-state index contributed by atoms with van der Waals surface area (Å²) in [7, 11) is 1.78. The maximum atomic E-state index is 8.78. The Hall–Kier alpha value is -1.55. The smallest absolute Gasteiger partial charge is 0.133 e. The fourth-order valence-electron chi connectivity index (χ4n) is 0.856. The average Bonchev–Trinajstić information content (AvgIpc) is 2.31. The third kappa shape index (κ3) is 3.99. The van der Waals surface area contributed by atoms with E-state index in [9.17, 15) is 0 Å². The molecule has 4 nitrogen and oxygen atoms in total. The third-order valence-electron chi connectivity index (χ3n) is 1.77. The lowest BCUT2D eigenvalue weighted by Gasteiger charge is -2.16. The summed E-state index contributed by atoms with van der Waals surface area (Å²) in [5.74, 6) is 1.15. The standard InChI is InChI=1S/C9H13N3O.C2H6/c1-7(10)12(2)9-4-3-8(6-13)5-11-9;1-2/h3-5,13H,1,6,10H2,2H3;1-2H3. The van der Waals surface area contributed by atoms with E-state index in [1.54, 1.807) is 30.3 Å². The Morgan fingerprint density at radius 3 is 2.47 bits per heavy atom. The molecule has 0 aliphatic rings. The van der Waals surface area contributed by atoms with Gasteiger partial charge in [-0.2, -0.15) is 0 Å². The van der Waals surface area contributed by atoms with Gasteiger partial charge < -0.3 is 15.7 Å². The Morgan fingerprint density at radius 1 is 1.53 bits per heavy atom. The first-order chi connectivity index (χ1) is 7.15. The SMILES string of the molecule is C=C(N)N(C)c1ccc(CO)cn1.CC. The number of aromatic nitrogens is 1. The highest BCUT2D eigenvalue weighted by molar-refractivity contribution is 5.43. The predicted molar refractivity (Wildman–Crippen MR) is 63.2 cm³/mol. The molecule has 0 aliphatic heterocycles. The van der Waals surface area contributed by atoms with Crippen molar-refractivity contribution in [2.45, 2.75) is 20.5 Å². The maximum absolute atomic E-state index is 8.78. The second-order valence-electron chi connectivity index (χ2n) is 2.73. The number of nitrogens with zero attached hydrogens (tertiary/aromatic N) is 2. The lowest BCUT2D eigenvalue weighted by Crippen LogP contribution is -2.22. The van der Waals surface area contributed by atoms with Gasteiger partial charge in [0.05, 0.1) is 12.4 Å². The Labute approximate surface area is 91.1 Å². The van der Waals surface area contributed by atoms with Gasteiger partial charge in [0.2, 0.25) is 0 Å². The van der Waals surface area contributed by atoms with E-state index in [1.807, 2.05) is 13.8 Å². The molecule has 15 heavy (non-hydrogen) atoms. The van der Waals surface area contributed by atoms with Crippen molar-refractivity contribution in [3.05, 3.63) is 36.3 Å². The Balaban J connectivity index is 0.000000921. The van der Waals surface area contributed by atoms with Crippen molar-refractivity contribution in [1.82, 2.24) is 4.98 Å². The van der Waals surface area contributed by atoms with Crippen LogP contribution in [0.15, 0.2) is 30.7 Å². The first-order valence-corrected chi connectivity index (χ1v) is 4.89. The highest BCUT2D eigenvalue weighted by Crippen LogP contribution is 2.10. The largest absolute Gasteiger partial charge is 0.392 e. The molecule has 1 rings (SSSR count). The molecule has 4 heteroatoms. The van der Waals surface area contributed by atoms with Gasteiger partial charge in [0.1, 0.15) is 5.82 Å². The fraction of sp³-hybridized carbons (Fsp3) is 0.364. The molecule has 84 valence electrons. The van der Waals surface area contributed by atoms with Gasteiger partial charge in [-0.15, -0.1) is 0 Å². The molecule has 0 fully saturated rings. The average molecular weight is 209 g/mol. The van der Waals surface area contributed by atoms with Crippen LogP contribution in [0.1, 0.15) is 19.4 Å². The molecular weight excluding hydrogens is 190 g/mol. The number of rotatable bonds is 3. The van der Waals surface area contributed by atoms with Crippen LogP contribution in [0.25, 0.3) is 0 Å². The summed E-state index contributed by atoms with van der Waals surface area (Å²) in [6.07, 6.45) is 1.61. The lowest BCUT2D eigenvalue weighted by atomic mass is 10.3. The number of hydrogen-bond acceptors (Lipinski definition) is 4. The van der Waals surface area contributed by atoms with Crippen LogP contribution in [0.4, 0.5) is 5.82 Å². The van der Waals surface area contributed by atoms with Gasteiger partial charge in [-0.3, -0.25) is 0 Å². The van der Waals surface area contributed by atoms with Crippen molar-refractivity contribution >= 4 is 5.82 Å². The zero-order valence-electron chi connectivity index (χ0n) is 9.57. The van der Waals surface area contributed by atoms with Crippen LogP contribution in [-0.4, -0.2) is 17.1 Å². The second kappa shape index (κ2) is 6.84. The van der Waals surface area contributed by atoms with E-state index in [0.717, 1.165) is 5.56 Å². The van der Waals surface area contributed by atoms with Gasteiger partial charge >= 0.3 is 0 Å². The minimum Gasteiger partial charge on any atom is -0.392 e. The van der Waals surface area contributed by atoms with Crippen molar-refractivity contribution in [3.8, 4) is 0 Å². The second-order valence-corrected chi connectivity index (χ2v) is 2.73. The monoisotopic (exact) mass is 209 g/mol. The van der Waals surface area contributed by atoms with Gasteiger partial charge in [0.25, 0.3) is 0 Å². The Kier molecular flexibility index (Phi) is 6.13. The topological polar surface area (TPSA) is 62.4 Å². The number of hydrogen-bond donors (Lipinski definition) is 2. The molecule has 0 unspecified atom stereocenters. The maximum Gasteiger partial charge on any atom is 0.133 e. The number of anilines is 1. The van der Waals surface area contributed by atoms with Crippen LogP contribution in [0.2, 0.25) is 0 Å². The van der Waals surface area contributed by atoms with E-state index >= 15 is 0 Å². The molecule has 1 heterocycles. The van der Waals surface area contributed by atoms with Crippen LogP contribution in [-0.2, 0) is 6.61 Å². The van der Waals surface area contributed by atoms with E-state index in [-0.39, 0.29) is 6.61 Å². The van der Waals surface area contributed by atoms with Crippen LogP contribution >= 0.6 is 0 Å². The molecule has 0 atom stereocenters. The molecule has 0 spiro atoms. The van der Waals surface area contributed by atoms with Crippen molar-refractivity contribution in [2.75, 3.05) is 11.9 Å². The van der Waals surface area contributed by atoms with Gasteiger partial charge in [0.15, 0.2) is 0 Å². The first kappa shape index (κ1) is 13.4. The van der Waals surface area contributed by atoms with E-state index in [1.165, 1.54) is 0 Å². The van der Waals surface area contributed by atoms with E-state index in [2.05, 4.69) is 11.6 Å². The minimum absolute atomic E-state index is 0.000561. The highest BCUT2D eigenvalue weighted by atomic mass is 16.3. The summed E-state index contributed by atoms with van der Waals surface area (Å²) in [4.78, 5) is 5.76. The number of aliphatic hydroxyl groups is 1. The molecule has 1 aromatic heterocycles. The molecule has 0 saturated carbocycles. The van der Waals surface area contributed by atoms with E-state index in [4.69, 9.17) is 10.8 Å². The van der Waals surface area contributed by atoms with Crippen LogP contribution < -0.4 is 10.6 Å². The molecule has 3 N–H and O–H groups in total. The Morgan fingerprint density at radius 2 is 2.13 bits per heavy atom. The van der Waals surface area contributed by atoms with Gasteiger partial charge in [-0.05, 0) is 11.6 Å². The molecule has 0 aliphatic carbocycles. The molecule has 0 saturated heterocycles. The third-order valence-corrected chi connectivity index (χ3v) is 1.77. The normalized spacial score (nSPS) is 8.80. The minimum atomic E-state index is 0.000561. The van der Waals surface area contributed by atoms with E-state index in [0.29, 0.717) is 11.6 Å². The summed E-state index contributed by atoms with van der Waals surface area (Å²) in [5, 5.41) is 8.78. The molecule has 0 amide bonds. The number of pyridine rings is 1. The molecule has 0 bridgehead atoms.